The number of nitrogens with zero attached hydrogens (tertiary/aromatic N) is 4. The highest BCUT2D eigenvalue weighted by Gasteiger charge is 2.27. The number of fused-ring (bicyclic) bond motifs is 1. The van der Waals surface area contributed by atoms with E-state index in [2.05, 4.69) is 22.3 Å². The van der Waals surface area contributed by atoms with Gasteiger partial charge in [0.1, 0.15) is 0 Å². The molecule has 1 aliphatic rings. The highest BCUT2D eigenvalue weighted by atomic mass is 32.1. The Morgan fingerprint density at radius 3 is 2.80 bits per heavy atom. The van der Waals surface area contributed by atoms with Gasteiger partial charge in [-0.15, -0.1) is 11.3 Å². The van der Waals surface area contributed by atoms with Crippen molar-refractivity contribution in [3.05, 3.63) is 65.5 Å². The molecule has 0 saturated carbocycles. The molecule has 30 heavy (non-hydrogen) atoms. The number of carbonyl (C=O) groups excluding carboxylic acids is 1. The minimum Gasteiger partial charge on any atom is -0.342 e. The van der Waals surface area contributed by atoms with Gasteiger partial charge in [0.2, 0.25) is 17.6 Å². The first-order valence-corrected chi connectivity index (χ1v) is 11.1. The number of para-hydroxylation sites is 1. The van der Waals surface area contributed by atoms with Crippen molar-refractivity contribution in [3.63, 3.8) is 0 Å². The molecule has 6 nitrogen and oxygen atoms in total. The highest BCUT2D eigenvalue weighted by Crippen LogP contribution is 2.33. The molecule has 1 aliphatic heterocycles. The van der Waals surface area contributed by atoms with Crippen molar-refractivity contribution < 1.29 is 9.32 Å². The summed E-state index contributed by atoms with van der Waals surface area (Å²) in [5, 5.41) is 5.17. The number of hydrogen-bond donors (Lipinski definition) is 0. The molecule has 0 N–H and O–H groups in total. The van der Waals surface area contributed by atoms with E-state index in [0.717, 1.165) is 42.0 Å². The van der Waals surface area contributed by atoms with Crippen LogP contribution in [-0.4, -0.2) is 39.0 Å². The molecule has 1 saturated heterocycles. The van der Waals surface area contributed by atoms with Gasteiger partial charge < -0.3 is 9.42 Å². The molecule has 7 heteroatoms. The maximum Gasteiger partial charge on any atom is 0.227 e. The Balaban J connectivity index is 1.20. The predicted octanol–water partition coefficient (Wildman–Crippen LogP) is 4.69. The van der Waals surface area contributed by atoms with E-state index in [4.69, 9.17) is 9.51 Å². The molecule has 4 aromatic rings. The fourth-order valence-electron chi connectivity index (χ4n) is 3.90. The van der Waals surface area contributed by atoms with Gasteiger partial charge in [-0.25, -0.2) is 4.98 Å². The van der Waals surface area contributed by atoms with Crippen LogP contribution in [0, 0.1) is 0 Å². The summed E-state index contributed by atoms with van der Waals surface area (Å²) in [5.74, 6) is 1.52. The van der Waals surface area contributed by atoms with Gasteiger partial charge in [-0.1, -0.05) is 47.6 Å². The number of aryl methyl sites for hydroxylation is 1. The molecule has 0 aliphatic carbocycles. The molecule has 0 spiro atoms. The van der Waals surface area contributed by atoms with Crippen LogP contribution in [0.15, 0.2) is 59.1 Å². The molecule has 1 atom stereocenters. The summed E-state index contributed by atoms with van der Waals surface area (Å²) in [6.45, 7) is 1.54. The van der Waals surface area contributed by atoms with Gasteiger partial charge in [-0.2, -0.15) is 4.98 Å². The molecule has 0 unspecified atom stereocenters. The molecule has 0 radical (unpaired) electrons. The normalized spacial score (nSPS) is 16.8. The topological polar surface area (TPSA) is 72.1 Å². The second-order valence-corrected chi connectivity index (χ2v) is 8.64. The van der Waals surface area contributed by atoms with Crippen LogP contribution in [0.25, 0.3) is 21.6 Å². The largest absolute Gasteiger partial charge is 0.342 e. The molecular weight excluding hydrogens is 396 g/mol. The Kier molecular flexibility index (Phi) is 5.27. The van der Waals surface area contributed by atoms with Gasteiger partial charge in [-0.05, 0) is 25.0 Å². The van der Waals surface area contributed by atoms with Crippen molar-refractivity contribution in [3.8, 4) is 11.4 Å². The van der Waals surface area contributed by atoms with Crippen LogP contribution < -0.4 is 0 Å². The molecular formula is C23H22N4O2S. The molecule has 1 fully saturated rings. The number of aromatic nitrogens is 3. The van der Waals surface area contributed by atoms with Crippen LogP contribution in [0.2, 0.25) is 0 Å². The van der Waals surface area contributed by atoms with Crippen LogP contribution in [-0.2, 0) is 11.2 Å². The van der Waals surface area contributed by atoms with Crippen molar-refractivity contribution in [2.45, 2.75) is 31.6 Å². The van der Waals surface area contributed by atoms with Gasteiger partial charge in [0, 0.05) is 37.4 Å². The maximum absolute atomic E-state index is 12.8. The average molecular weight is 419 g/mol. The first-order chi connectivity index (χ1) is 14.8. The number of amides is 1. The molecule has 0 bridgehead atoms. The number of carbonyl (C=O) groups is 1. The van der Waals surface area contributed by atoms with E-state index in [0.29, 0.717) is 30.5 Å². The molecule has 2 aromatic heterocycles. The third-order valence-electron chi connectivity index (χ3n) is 5.49. The lowest BCUT2D eigenvalue weighted by atomic mass is 9.98. The van der Waals surface area contributed by atoms with E-state index >= 15 is 0 Å². The zero-order valence-electron chi connectivity index (χ0n) is 16.5. The van der Waals surface area contributed by atoms with E-state index in [1.165, 1.54) is 4.70 Å². The Bertz CT molecular complexity index is 1120. The Labute approximate surface area is 178 Å². The monoisotopic (exact) mass is 418 g/mol. The second-order valence-electron chi connectivity index (χ2n) is 7.58. The van der Waals surface area contributed by atoms with Gasteiger partial charge in [-0.3, -0.25) is 4.79 Å². The van der Waals surface area contributed by atoms with E-state index in [-0.39, 0.29) is 5.91 Å². The minimum atomic E-state index is 0.139. The maximum atomic E-state index is 12.8. The summed E-state index contributed by atoms with van der Waals surface area (Å²) in [4.78, 5) is 24.0. The number of hydrogen-bond acceptors (Lipinski definition) is 6. The number of likely N-dealkylation sites (tertiary alicyclic amines) is 1. The number of piperidine rings is 1. The van der Waals surface area contributed by atoms with Gasteiger partial charge >= 0.3 is 0 Å². The molecule has 2 aromatic carbocycles. The molecule has 3 heterocycles. The smallest absolute Gasteiger partial charge is 0.227 e. The van der Waals surface area contributed by atoms with E-state index in [9.17, 15) is 4.79 Å². The fourth-order valence-corrected chi connectivity index (χ4v) is 5.00. The van der Waals surface area contributed by atoms with Crippen molar-refractivity contribution in [2.24, 2.45) is 0 Å². The number of rotatable bonds is 5. The highest BCUT2D eigenvalue weighted by molar-refractivity contribution is 7.18. The first-order valence-electron chi connectivity index (χ1n) is 10.3. The minimum absolute atomic E-state index is 0.139. The van der Waals surface area contributed by atoms with Gasteiger partial charge in [0.05, 0.1) is 15.2 Å². The van der Waals surface area contributed by atoms with Crippen molar-refractivity contribution in [1.29, 1.82) is 0 Å². The molecule has 5 rings (SSSR count). The van der Waals surface area contributed by atoms with Crippen LogP contribution in [0.1, 0.15) is 36.1 Å². The van der Waals surface area contributed by atoms with E-state index < -0.39 is 0 Å². The zero-order valence-corrected chi connectivity index (χ0v) is 17.3. The SMILES string of the molecule is O=C(CCc1nc(-c2ccccc2)no1)N1CCC[C@H](c2nc3ccccc3s2)C1. The van der Waals surface area contributed by atoms with Crippen LogP contribution in [0.4, 0.5) is 0 Å². The van der Waals surface area contributed by atoms with E-state index in [1.807, 2.05) is 47.4 Å². The summed E-state index contributed by atoms with van der Waals surface area (Å²) < 4.78 is 6.55. The third kappa shape index (κ3) is 3.98. The second kappa shape index (κ2) is 8.36. The zero-order chi connectivity index (χ0) is 20.3. The fraction of sp³-hybridized carbons (Fsp3) is 0.304. The van der Waals surface area contributed by atoms with Crippen LogP contribution >= 0.6 is 11.3 Å². The number of benzene rings is 2. The van der Waals surface area contributed by atoms with Crippen LogP contribution in [0.5, 0.6) is 0 Å². The lowest BCUT2D eigenvalue weighted by Crippen LogP contribution is -2.39. The first kappa shape index (κ1) is 18.9. The summed E-state index contributed by atoms with van der Waals surface area (Å²) in [7, 11) is 0. The van der Waals surface area contributed by atoms with Crippen molar-refractivity contribution in [2.75, 3.05) is 13.1 Å². The van der Waals surface area contributed by atoms with Gasteiger partial charge in [0.25, 0.3) is 0 Å². The van der Waals surface area contributed by atoms with E-state index in [1.54, 1.807) is 11.3 Å². The Morgan fingerprint density at radius 2 is 1.93 bits per heavy atom. The number of thiazole rings is 1. The Hall–Kier alpha value is -3.06. The lowest BCUT2D eigenvalue weighted by molar-refractivity contribution is -0.132. The summed E-state index contributed by atoms with van der Waals surface area (Å²) in [6, 6.07) is 17.9. The van der Waals surface area contributed by atoms with Crippen molar-refractivity contribution in [1.82, 2.24) is 20.0 Å². The molecule has 1 amide bonds. The Morgan fingerprint density at radius 1 is 1.10 bits per heavy atom. The quantitative estimate of drug-likeness (QED) is 0.470. The van der Waals surface area contributed by atoms with Gasteiger partial charge in [0.15, 0.2) is 0 Å². The average Bonchev–Trinajstić information content (AvgIpc) is 3.45. The predicted molar refractivity (Wildman–Crippen MR) is 116 cm³/mol. The third-order valence-corrected chi connectivity index (χ3v) is 6.69. The lowest BCUT2D eigenvalue weighted by Gasteiger charge is -2.31. The molecule has 152 valence electrons. The standard InChI is InChI=1S/C23H22N4O2S/c28-21(13-12-20-25-22(26-29-20)16-7-2-1-3-8-16)27-14-6-9-17(15-27)23-24-18-10-4-5-11-19(18)30-23/h1-5,7-8,10-11,17H,6,9,12-15H2/t17-/m0/s1. The van der Waals surface area contributed by atoms with Crippen LogP contribution in [0.3, 0.4) is 0 Å². The van der Waals surface area contributed by atoms with Crippen molar-refractivity contribution >= 4 is 27.5 Å². The summed E-state index contributed by atoms with van der Waals surface area (Å²) in [6.07, 6.45) is 2.92. The summed E-state index contributed by atoms with van der Waals surface area (Å²) in [5.41, 5.74) is 1.96. The summed E-state index contributed by atoms with van der Waals surface area (Å²) >= 11 is 1.75.